The average molecular weight is 382 g/mol. The zero-order valence-electron chi connectivity index (χ0n) is 15.6. The van der Waals surface area contributed by atoms with E-state index in [1.54, 1.807) is 17.1 Å². The standard InChI is InChI=1S/C22H18N6O/c29-22-19-11-5-4-10-18(19)20(27(22)14-17-9-6-12-23-13-17)21-24-25-26-28(21)15-16-7-2-1-3-8-16/h1-13,20H,14-15H2. The molecule has 7 heteroatoms. The van der Waals surface area contributed by atoms with Gasteiger partial charge in [-0.25, -0.2) is 4.68 Å². The molecule has 29 heavy (non-hydrogen) atoms. The smallest absolute Gasteiger partial charge is 0.255 e. The van der Waals surface area contributed by atoms with Crippen LogP contribution in [0.15, 0.2) is 79.1 Å². The average Bonchev–Trinajstić information content (AvgIpc) is 3.32. The molecule has 0 fully saturated rings. The summed E-state index contributed by atoms with van der Waals surface area (Å²) >= 11 is 0. The third-order valence-electron chi connectivity index (χ3n) is 5.11. The summed E-state index contributed by atoms with van der Waals surface area (Å²) in [6.07, 6.45) is 3.50. The van der Waals surface area contributed by atoms with E-state index in [1.807, 2.05) is 71.6 Å². The number of benzene rings is 2. The van der Waals surface area contributed by atoms with Crippen LogP contribution in [0.2, 0.25) is 0 Å². The van der Waals surface area contributed by atoms with Gasteiger partial charge in [0.15, 0.2) is 5.82 Å². The number of hydrogen-bond acceptors (Lipinski definition) is 5. The Morgan fingerprint density at radius 1 is 0.862 bits per heavy atom. The highest BCUT2D eigenvalue weighted by molar-refractivity contribution is 5.99. The van der Waals surface area contributed by atoms with Crippen molar-refractivity contribution in [1.82, 2.24) is 30.1 Å². The van der Waals surface area contributed by atoms with Crippen molar-refractivity contribution >= 4 is 5.91 Å². The molecule has 0 N–H and O–H groups in total. The second-order valence-electron chi connectivity index (χ2n) is 6.96. The van der Waals surface area contributed by atoms with Gasteiger partial charge in [0.05, 0.1) is 6.54 Å². The fraction of sp³-hybridized carbons (Fsp3) is 0.136. The Balaban J connectivity index is 1.56. The number of aromatic nitrogens is 5. The number of rotatable bonds is 5. The van der Waals surface area contributed by atoms with Gasteiger partial charge in [0, 0.05) is 24.5 Å². The number of tetrazole rings is 1. The minimum absolute atomic E-state index is 0.0243. The molecular formula is C22H18N6O. The number of carbonyl (C=O) groups excluding carboxylic acids is 1. The monoisotopic (exact) mass is 382 g/mol. The molecule has 1 aliphatic heterocycles. The van der Waals surface area contributed by atoms with Gasteiger partial charge in [-0.05, 0) is 39.2 Å². The van der Waals surface area contributed by atoms with Gasteiger partial charge in [0.2, 0.25) is 0 Å². The second-order valence-corrected chi connectivity index (χ2v) is 6.96. The van der Waals surface area contributed by atoms with Gasteiger partial charge in [-0.3, -0.25) is 9.78 Å². The molecule has 4 aromatic rings. The Hall–Kier alpha value is -3.87. The van der Waals surface area contributed by atoms with E-state index in [2.05, 4.69) is 20.5 Å². The van der Waals surface area contributed by atoms with E-state index < -0.39 is 0 Å². The number of fused-ring (bicyclic) bond motifs is 1. The first-order chi connectivity index (χ1) is 14.3. The summed E-state index contributed by atoms with van der Waals surface area (Å²) in [5, 5.41) is 12.4. The first kappa shape index (κ1) is 17.2. The van der Waals surface area contributed by atoms with E-state index in [9.17, 15) is 4.79 Å². The maximum absolute atomic E-state index is 13.2. The molecule has 1 aliphatic rings. The summed E-state index contributed by atoms with van der Waals surface area (Å²) in [7, 11) is 0. The molecule has 5 rings (SSSR count). The molecule has 0 bridgehead atoms. The van der Waals surface area contributed by atoms with E-state index in [-0.39, 0.29) is 11.9 Å². The van der Waals surface area contributed by atoms with Crippen LogP contribution in [0.1, 0.15) is 38.9 Å². The summed E-state index contributed by atoms with van der Waals surface area (Å²) in [6.45, 7) is 0.973. The Labute approximate surface area is 167 Å². The fourth-order valence-electron chi connectivity index (χ4n) is 3.78. The van der Waals surface area contributed by atoms with Gasteiger partial charge in [0.25, 0.3) is 5.91 Å². The van der Waals surface area contributed by atoms with Crippen molar-refractivity contribution in [3.05, 3.63) is 107 Å². The first-order valence-corrected chi connectivity index (χ1v) is 9.40. The summed E-state index contributed by atoms with van der Waals surface area (Å²) in [6, 6.07) is 21.2. The number of carbonyl (C=O) groups is 1. The summed E-state index contributed by atoms with van der Waals surface area (Å²) in [5.41, 5.74) is 3.67. The minimum atomic E-state index is -0.349. The van der Waals surface area contributed by atoms with Crippen LogP contribution < -0.4 is 0 Å². The highest BCUT2D eigenvalue weighted by Gasteiger charge is 2.40. The van der Waals surface area contributed by atoms with Crippen molar-refractivity contribution in [2.75, 3.05) is 0 Å². The number of pyridine rings is 1. The molecule has 1 atom stereocenters. The molecule has 0 spiro atoms. The second kappa shape index (κ2) is 7.27. The predicted octanol–water partition coefficient (Wildman–Crippen LogP) is 2.86. The Morgan fingerprint density at radius 3 is 2.48 bits per heavy atom. The van der Waals surface area contributed by atoms with Crippen LogP contribution in [0.4, 0.5) is 0 Å². The van der Waals surface area contributed by atoms with Crippen molar-refractivity contribution in [2.24, 2.45) is 0 Å². The largest absolute Gasteiger partial charge is 0.320 e. The molecule has 3 heterocycles. The van der Waals surface area contributed by atoms with Crippen LogP contribution in [0.3, 0.4) is 0 Å². The van der Waals surface area contributed by atoms with Gasteiger partial charge in [-0.1, -0.05) is 54.6 Å². The van der Waals surface area contributed by atoms with Crippen LogP contribution in [0.5, 0.6) is 0 Å². The summed E-state index contributed by atoms with van der Waals surface area (Å²) in [5.74, 6) is 0.625. The quantitative estimate of drug-likeness (QED) is 0.530. The van der Waals surface area contributed by atoms with Gasteiger partial charge < -0.3 is 4.90 Å². The van der Waals surface area contributed by atoms with Gasteiger partial charge in [-0.15, -0.1) is 5.10 Å². The molecule has 7 nitrogen and oxygen atoms in total. The Bertz CT molecular complexity index is 1140. The van der Waals surface area contributed by atoms with Crippen molar-refractivity contribution in [1.29, 1.82) is 0 Å². The number of hydrogen-bond donors (Lipinski definition) is 0. The molecule has 0 radical (unpaired) electrons. The molecule has 2 aromatic carbocycles. The van der Waals surface area contributed by atoms with Crippen LogP contribution >= 0.6 is 0 Å². The SMILES string of the molecule is O=C1c2ccccc2C(c2nnnn2Cc2ccccc2)N1Cc1cccnc1. The lowest BCUT2D eigenvalue weighted by Crippen LogP contribution is -2.30. The molecule has 0 aliphatic carbocycles. The molecule has 2 aromatic heterocycles. The Kier molecular flexibility index (Phi) is 4.32. The maximum atomic E-state index is 13.2. The van der Waals surface area contributed by atoms with E-state index in [0.29, 0.717) is 24.5 Å². The number of nitrogens with zero attached hydrogens (tertiary/aromatic N) is 6. The molecular weight excluding hydrogens is 364 g/mol. The molecule has 1 amide bonds. The van der Waals surface area contributed by atoms with E-state index >= 15 is 0 Å². The number of amides is 1. The van der Waals surface area contributed by atoms with Crippen LogP contribution in [-0.4, -0.2) is 36.0 Å². The van der Waals surface area contributed by atoms with Crippen LogP contribution in [0.25, 0.3) is 0 Å². The zero-order chi connectivity index (χ0) is 19.6. The molecule has 1 unspecified atom stereocenters. The predicted molar refractivity (Wildman–Crippen MR) is 106 cm³/mol. The maximum Gasteiger partial charge on any atom is 0.255 e. The fourth-order valence-corrected chi connectivity index (χ4v) is 3.78. The van der Waals surface area contributed by atoms with Crippen LogP contribution in [0, 0.1) is 0 Å². The topological polar surface area (TPSA) is 76.8 Å². The van der Waals surface area contributed by atoms with E-state index in [0.717, 1.165) is 16.7 Å². The summed E-state index contributed by atoms with van der Waals surface area (Å²) < 4.78 is 1.77. The zero-order valence-corrected chi connectivity index (χ0v) is 15.6. The highest BCUT2D eigenvalue weighted by Crippen LogP contribution is 2.38. The lowest BCUT2D eigenvalue weighted by molar-refractivity contribution is 0.0727. The van der Waals surface area contributed by atoms with E-state index in [1.165, 1.54) is 0 Å². The molecule has 0 saturated heterocycles. The third-order valence-corrected chi connectivity index (χ3v) is 5.11. The molecule has 142 valence electrons. The van der Waals surface area contributed by atoms with Gasteiger partial charge in [0.1, 0.15) is 6.04 Å². The van der Waals surface area contributed by atoms with Gasteiger partial charge >= 0.3 is 0 Å². The Morgan fingerprint density at radius 2 is 1.66 bits per heavy atom. The van der Waals surface area contributed by atoms with Crippen molar-refractivity contribution in [2.45, 2.75) is 19.1 Å². The van der Waals surface area contributed by atoms with Crippen molar-refractivity contribution in [3.63, 3.8) is 0 Å². The highest BCUT2D eigenvalue weighted by atomic mass is 16.2. The van der Waals surface area contributed by atoms with Gasteiger partial charge in [-0.2, -0.15) is 0 Å². The van der Waals surface area contributed by atoms with E-state index in [4.69, 9.17) is 0 Å². The first-order valence-electron chi connectivity index (χ1n) is 9.40. The lowest BCUT2D eigenvalue weighted by atomic mass is 10.0. The van der Waals surface area contributed by atoms with Crippen LogP contribution in [-0.2, 0) is 13.1 Å². The normalized spacial score (nSPS) is 15.5. The van der Waals surface area contributed by atoms with Crippen molar-refractivity contribution < 1.29 is 4.79 Å². The summed E-state index contributed by atoms with van der Waals surface area (Å²) in [4.78, 5) is 19.2. The molecule has 0 saturated carbocycles. The lowest BCUT2D eigenvalue weighted by Gasteiger charge is -2.24. The van der Waals surface area contributed by atoms with Crippen molar-refractivity contribution in [3.8, 4) is 0 Å². The minimum Gasteiger partial charge on any atom is -0.320 e. The third kappa shape index (κ3) is 3.16.